The first-order chi connectivity index (χ1) is 25.3. The maximum absolute atomic E-state index is 6.33. The highest BCUT2D eigenvalue weighted by Crippen LogP contribution is 2.45. The second kappa shape index (κ2) is 10.8. The lowest BCUT2D eigenvalue weighted by molar-refractivity contribution is 0.669. The second-order valence-electron chi connectivity index (χ2n) is 13.4. The monoisotopic (exact) mass is 650 g/mol. The molecule has 0 radical (unpaired) electrons. The van der Waals surface area contributed by atoms with Gasteiger partial charge >= 0.3 is 0 Å². The smallest absolute Gasteiger partial charge is 0.136 e. The average Bonchev–Trinajstić information content (AvgIpc) is 3.71. The van der Waals surface area contributed by atoms with E-state index in [-0.39, 0.29) is 0 Å². The molecule has 0 aliphatic heterocycles. The molecule has 0 unspecified atom stereocenters. The highest BCUT2D eigenvalue weighted by atomic mass is 16.3. The number of fused-ring (bicyclic) bond motifs is 9. The van der Waals surface area contributed by atoms with Gasteiger partial charge < -0.3 is 13.9 Å². The van der Waals surface area contributed by atoms with Gasteiger partial charge in [0.15, 0.2) is 0 Å². The third kappa shape index (κ3) is 4.32. The standard InChI is InChI=1S/C48H30N2O/c1-2-15-37(16-3-1)49(38-24-22-35-27-41-40-17-8-9-20-46(40)51-47(41)30-36(35)26-38)43-18-10-19-44-48(43)42-28-33-13-6-7-14-34(33)29-45(42)50(44)39-23-21-31-11-4-5-12-32(31)25-39/h1-30H. The molecule has 11 rings (SSSR count). The van der Waals surface area contributed by atoms with Gasteiger partial charge in [0.05, 0.1) is 16.7 Å². The van der Waals surface area contributed by atoms with Crippen molar-refractivity contribution in [1.29, 1.82) is 0 Å². The van der Waals surface area contributed by atoms with Gasteiger partial charge in [0.2, 0.25) is 0 Å². The quantitative estimate of drug-likeness (QED) is 0.189. The minimum Gasteiger partial charge on any atom is -0.456 e. The van der Waals surface area contributed by atoms with Gasteiger partial charge in [-0.2, -0.15) is 0 Å². The summed E-state index contributed by atoms with van der Waals surface area (Å²) in [5.41, 5.74) is 8.63. The Labute approximate surface area is 293 Å². The molecule has 0 saturated carbocycles. The van der Waals surface area contributed by atoms with E-state index in [1.165, 1.54) is 48.7 Å². The van der Waals surface area contributed by atoms with E-state index in [0.29, 0.717) is 0 Å². The lowest BCUT2D eigenvalue weighted by Gasteiger charge is -2.27. The third-order valence-electron chi connectivity index (χ3n) is 10.5. The molecular formula is C48H30N2O. The normalized spacial score (nSPS) is 11.9. The summed E-state index contributed by atoms with van der Waals surface area (Å²) < 4.78 is 8.77. The topological polar surface area (TPSA) is 21.3 Å². The molecule has 2 heterocycles. The van der Waals surface area contributed by atoms with E-state index in [9.17, 15) is 0 Å². The van der Waals surface area contributed by atoms with Crippen LogP contribution in [0.15, 0.2) is 186 Å². The van der Waals surface area contributed by atoms with Crippen LogP contribution in [0.4, 0.5) is 17.1 Å². The molecule has 0 bridgehead atoms. The molecule has 0 amide bonds. The molecule has 2 aromatic heterocycles. The number of rotatable bonds is 4. The highest BCUT2D eigenvalue weighted by molar-refractivity contribution is 6.19. The molecule has 238 valence electrons. The Balaban J connectivity index is 1.20. The predicted molar refractivity (Wildman–Crippen MR) is 215 cm³/mol. The molecule has 11 aromatic rings. The predicted octanol–water partition coefficient (Wildman–Crippen LogP) is 13.6. The van der Waals surface area contributed by atoms with Crippen molar-refractivity contribution >= 4 is 93.1 Å². The SMILES string of the molecule is c1ccc(N(c2ccc3cc4c(cc3c2)oc2ccccc24)c2cccc3c2c2cc4ccccc4cc2n3-c2ccc3ccccc3c2)cc1. The van der Waals surface area contributed by atoms with E-state index in [2.05, 4.69) is 179 Å². The summed E-state index contributed by atoms with van der Waals surface area (Å²) in [6.07, 6.45) is 0. The fourth-order valence-electron chi connectivity index (χ4n) is 8.11. The summed E-state index contributed by atoms with van der Waals surface area (Å²) >= 11 is 0. The van der Waals surface area contributed by atoms with Crippen molar-refractivity contribution in [2.75, 3.05) is 4.90 Å². The van der Waals surface area contributed by atoms with E-state index in [4.69, 9.17) is 4.42 Å². The maximum Gasteiger partial charge on any atom is 0.136 e. The number of aromatic nitrogens is 1. The fourth-order valence-corrected chi connectivity index (χ4v) is 8.11. The minimum absolute atomic E-state index is 0.902. The zero-order valence-electron chi connectivity index (χ0n) is 27.6. The zero-order chi connectivity index (χ0) is 33.5. The van der Waals surface area contributed by atoms with E-state index in [1.54, 1.807) is 0 Å². The second-order valence-corrected chi connectivity index (χ2v) is 13.4. The summed E-state index contributed by atoms with van der Waals surface area (Å²) in [6.45, 7) is 0. The van der Waals surface area contributed by atoms with Crippen molar-refractivity contribution in [2.45, 2.75) is 0 Å². The number of hydrogen-bond acceptors (Lipinski definition) is 2. The molecule has 0 spiro atoms. The summed E-state index contributed by atoms with van der Waals surface area (Å²) in [4.78, 5) is 2.41. The number of hydrogen-bond donors (Lipinski definition) is 0. The third-order valence-corrected chi connectivity index (χ3v) is 10.5. The molecule has 3 heteroatoms. The number of benzene rings is 9. The maximum atomic E-state index is 6.33. The van der Waals surface area contributed by atoms with Crippen molar-refractivity contribution in [1.82, 2.24) is 4.57 Å². The molecular weight excluding hydrogens is 621 g/mol. The van der Waals surface area contributed by atoms with Crippen LogP contribution < -0.4 is 4.90 Å². The van der Waals surface area contributed by atoms with E-state index >= 15 is 0 Å². The van der Waals surface area contributed by atoms with Gasteiger partial charge in [0.1, 0.15) is 11.2 Å². The number of nitrogens with zero attached hydrogens (tertiary/aromatic N) is 2. The molecule has 0 aliphatic carbocycles. The van der Waals surface area contributed by atoms with Gasteiger partial charge in [-0.05, 0) is 111 Å². The Hall–Kier alpha value is -6.84. The molecule has 0 N–H and O–H groups in total. The van der Waals surface area contributed by atoms with E-state index < -0.39 is 0 Å². The number of furan rings is 1. The van der Waals surface area contributed by atoms with Crippen LogP contribution in [-0.2, 0) is 0 Å². The summed E-state index contributed by atoms with van der Waals surface area (Å²) in [7, 11) is 0. The van der Waals surface area contributed by atoms with E-state index in [0.717, 1.165) is 50.1 Å². The van der Waals surface area contributed by atoms with Gasteiger partial charge in [0, 0.05) is 38.6 Å². The number of para-hydroxylation sites is 2. The molecule has 0 atom stereocenters. The molecule has 0 saturated heterocycles. The van der Waals surface area contributed by atoms with Gasteiger partial charge in [-0.3, -0.25) is 0 Å². The fraction of sp³-hybridized carbons (Fsp3) is 0. The minimum atomic E-state index is 0.902. The van der Waals surface area contributed by atoms with Crippen LogP contribution in [0.25, 0.3) is 81.7 Å². The van der Waals surface area contributed by atoms with Crippen molar-refractivity contribution in [3.63, 3.8) is 0 Å². The first kappa shape index (κ1) is 28.0. The Morgan fingerprint density at radius 1 is 0.373 bits per heavy atom. The van der Waals surface area contributed by atoms with Crippen LogP contribution in [-0.4, -0.2) is 4.57 Å². The Morgan fingerprint density at radius 2 is 1.06 bits per heavy atom. The van der Waals surface area contributed by atoms with Crippen LogP contribution in [0.2, 0.25) is 0 Å². The van der Waals surface area contributed by atoms with Crippen LogP contribution in [0, 0.1) is 0 Å². The first-order valence-electron chi connectivity index (χ1n) is 17.4. The van der Waals surface area contributed by atoms with Crippen LogP contribution >= 0.6 is 0 Å². The van der Waals surface area contributed by atoms with Crippen LogP contribution in [0.3, 0.4) is 0 Å². The highest BCUT2D eigenvalue weighted by Gasteiger charge is 2.22. The zero-order valence-corrected chi connectivity index (χ0v) is 27.6. The van der Waals surface area contributed by atoms with Crippen LogP contribution in [0.1, 0.15) is 0 Å². The van der Waals surface area contributed by atoms with Crippen molar-refractivity contribution < 1.29 is 4.42 Å². The van der Waals surface area contributed by atoms with E-state index in [1.807, 2.05) is 12.1 Å². The molecule has 51 heavy (non-hydrogen) atoms. The largest absolute Gasteiger partial charge is 0.456 e. The lowest BCUT2D eigenvalue weighted by Crippen LogP contribution is -2.10. The Bertz CT molecular complexity index is 3150. The molecule has 3 nitrogen and oxygen atoms in total. The van der Waals surface area contributed by atoms with Crippen molar-refractivity contribution in [2.24, 2.45) is 0 Å². The van der Waals surface area contributed by atoms with Gasteiger partial charge in [0.25, 0.3) is 0 Å². The molecule has 0 aliphatic rings. The Morgan fingerprint density at radius 3 is 1.92 bits per heavy atom. The Kier molecular flexibility index (Phi) is 5.96. The molecule has 0 fully saturated rings. The lowest BCUT2D eigenvalue weighted by atomic mass is 10.0. The van der Waals surface area contributed by atoms with Crippen molar-refractivity contribution in [3.05, 3.63) is 182 Å². The molecule has 9 aromatic carbocycles. The van der Waals surface area contributed by atoms with Gasteiger partial charge in [-0.25, -0.2) is 0 Å². The summed E-state index contributed by atoms with van der Waals surface area (Å²) in [6, 6.07) is 65.8. The van der Waals surface area contributed by atoms with Crippen LogP contribution in [0.5, 0.6) is 0 Å². The summed E-state index contributed by atoms with van der Waals surface area (Å²) in [5, 5.41) is 12.0. The summed E-state index contributed by atoms with van der Waals surface area (Å²) in [5.74, 6) is 0. The first-order valence-corrected chi connectivity index (χ1v) is 17.4. The number of anilines is 3. The van der Waals surface area contributed by atoms with Gasteiger partial charge in [-0.1, -0.05) is 103 Å². The average molecular weight is 651 g/mol. The van der Waals surface area contributed by atoms with Crippen molar-refractivity contribution in [3.8, 4) is 5.69 Å². The van der Waals surface area contributed by atoms with Gasteiger partial charge in [-0.15, -0.1) is 0 Å².